The maximum Gasteiger partial charge on any atom is 0.263 e. The van der Waals surface area contributed by atoms with E-state index < -0.39 is 10.0 Å². The van der Waals surface area contributed by atoms with Crippen molar-refractivity contribution >= 4 is 38.7 Å². The zero-order valence-electron chi connectivity index (χ0n) is 15.0. The van der Waals surface area contributed by atoms with E-state index in [2.05, 4.69) is 15.4 Å². The summed E-state index contributed by atoms with van der Waals surface area (Å²) in [6, 6.07) is 11.9. The summed E-state index contributed by atoms with van der Waals surface area (Å²) < 4.78 is 33.7. The zero-order chi connectivity index (χ0) is 19.2. The summed E-state index contributed by atoms with van der Waals surface area (Å²) in [5, 5.41) is 6.25. The molecule has 0 saturated carbocycles. The van der Waals surface area contributed by atoms with Gasteiger partial charge in [-0.05, 0) is 75.0 Å². The van der Waals surface area contributed by atoms with Crippen molar-refractivity contribution in [3.8, 4) is 5.75 Å². The van der Waals surface area contributed by atoms with Crippen LogP contribution in [0.4, 0.5) is 11.4 Å². The maximum atomic E-state index is 12.9. The Morgan fingerprint density at radius 2 is 1.81 bits per heavy atom. The van der Waals surface area contributed by atoms with E-state index in [0.717, 1.165) is 5.56 Å². The topological polar surface area (TPSA) is 79.5 Å². The summed E-state index contributed by atoms with van der Waals surface area (Å²) in [6.45, 7) is 6.83. The van der Waals surface area contributed by atoms with Crippen LogP contribution in [0.15, 0.2) is 47.4 Å². The Balaban J connectivity index is 2.29. The van der Waals surface area contributed by atoms with Gasteiger partial charge in [-0.3, -0.25) is 4.72 Å². The summed E-state index contributed by atoms with van der Waals surface area (Å²) in [4.78, 5) is 0.131. The van der Waals surface area contributed by atoms with E-state index in [1.165, 1.54) is 0 Å². The van der Waals surface area contributed by atoms with Crippen molar-refractivity contribution in [2.45, 2.75) is 25.7 Å². The summed E-state index contributed by atoms with van der Waals surface area (Å²) in [6.07, 6.45) is 0. The van der Waals surface area contributed by atoms with Crippen LogP contribution in [0.5, 0.6) is 5.75 Å². The Morgan fingerprint density at radius 3 is 2.42 bits per heavy atom. The molecule has 0 unspecified atom stereocenters. The molecule has 140 valence electrons. The first-order valence-corrected chi connectivity index (χ1v) is 10.2. The van der Waals surface area contributed by atoms with Gasteiger partial charge in [0.15, 0.2) is 5.11 Å². The van der Waals surface area contributed by atoms with E-state index in [1.807, 2.05) is 26.8 Å². The monoisotopic (exact) mass is 393 g/mol. The third kappa shape index (κ3) is 5.34. The lowest BCUT2D eigenvalue weighted by Gasteiger charge is -2.15. The number of rotatable bonds is 7. The van der Waals surface area contributed by atoms with Gasteiger partial charge in [0.05, 0.1) is 12.3 Å². The molecule has 0 radical (unpaired) electrons. The molecule has 8 heteroatoms. The van der Waals surface area contributed by atoms with Crippen LogP contribution >= 0.6 is 12.2 Å². The average molecular weight is 394 g/mol. The van der Waals surface area contributed by atoms with E-state index in [4.69, 9.17) is 17.0 Å². The molecular formula is C18H23N3O3S2. The smallest absolute Gasteiger partial charge is 0.263 e. The van der Waals surface area contributed by atoms with Crippen LogP contribution < -0.4 is 20.1 Å². The standard InChI is InChI=1S/C18H23N3O3S2/c1-4-19-18(25)20-16-11-6-13(3)12-17(16)26(22,23)21-14-7-9-15(10-8-14)24-5-2/h6-12,21H,4-5H2,1-3H3,(H2,19,20,25). The number of thiocarbonyl (C=S) groups is 1. The van der Waals surface area contributed by atoms with Crippen molar-refractivity contribution in [3.63, 3.8) is 0 Å². The number of aryl methyl sites for hydroxylation is 1. The van der Waals surface area contributed by atoms with Crippen LogP contribution in [0, 0.1) is 6.92 Å². The highest BCUT2D eigenvalue weighted by Gasteiger charge is 2.20. The molecule has 0 aromatic heterocycles. The molecule has 0 aliphatic rings. The first-order valence-electron chi connectivity index (χ1n) is 8.27. The maximum absolute atomic E-state index is 12.9. The van der Waals surface area contributed by atoms with Crippen LogP contribution in [-0.4, -0.2) is 26.7 Å². The molecule has 0 heterocycles. The second-order valence-electron chi connectivity index (χ2n) is 5.55. The molecule has 0 aliphatic heterocycles. The molecule has 26 heavy (non-hydrogen) atoms. The number of sulfonamides is 1. The Morgan fingerprint density at radius 1 is 1.12 bits per heavy atom. The van der Waals surface area contributed by atoms with E-state index in [9.17, 15) is 8.42 Å². The fourth-order valence-electron chi connectivity index (χ4n) is 2.28. The zero-order valence-corrected chi connectivity index (χ0v) is 16.6. The lowest BCUT2D eigenvalue weighted by atomic mass is 10.2. The Bertz CT molecular complexity index is 866. The molecule has 0 saturated heterocycles. The highest BCUT2D eigenvalue weighted by atomic mass is 32.2. The minimum Gasteiger partial charge on any atom is -0.494 e. The molecule has 0 aliphatic carbocycles. The van der Waals surface area contributed by atoms with E-state index >= 15 is 0 Å². The molecule has 0 atom stereocenters. The minimum absolute atomic E-state index is 0.131. The molecule has 2 aromatic rings. The van der Waals surface area contributed by atoms with Crippen LogP contribution in [0.2, 0.25) is 0 Å². The van der Waals surface area contributed by atoms with Gasteiger partial charge in [0.1, 0.15) is 10.6 Å². The Labute approximate surface area is 160 Å². The van der Waals surface area contributed by atoms with Crippen LogP contribution in [0.1, 0.15) is 19.4 Å². The normalized spacial score (nSPS) is 10.9. The molecule has 0 bridgehead atoms. The molecular weight excluding hydrogens is 370 g/mol. The van der Waals surface area contributed by atoms with Crippen LogP contribution in [-0.2, 0) is 10.0 Å². The molecule has 0 amide bonds. The van der Waals surface area contributed by atoms with Crippen molar-refractivity contribution < 1.29 is 13.2 Å². The average Bonchev–Trinajstić information content (AvgIpc) is 2.58. The third-order valence-electron chi connectivity index (χ3n) is 3.43. The molecule has 6 nitrogen and oxygen atoms in total. The predicted molar refractivity (Wildman–Crippen MR) is 109 cm³/mol. The number of anilines is 2. The van der Waals surface area contributed by atoms with Crippen molar-refractivity contribution in [1.82, 2.24) is 5.32 Å². The highest BCUT2D eigenvalue weighted by molar-refractivity contribution is 7.93. The lowest BCUT2D eigenvalue weighted by molar-refractivity contribution is 0.340. The van der Waals surface area contributed by atoms with Crippen molar-refractivity contribution in [1.29, 1.82) is 0 Å². The Kier molecular flexibility index (Phi) is 6.82. The quantitative estimate of drug-likeness (QED) is 0.625. The van der Waals surface area contributed by atoms with Gasteiger partial charge in [0.2, 0.25) is 0 Å². The molecule has 3 N–H and O–H groups in total. The van der Waals surface area contributed by atoms with E-state index in [1.54, 1.807) is 36.4 Å². The van der Waals surface area contributed by atoms with Gasteiger partial charge in [-0.2, -0.15) is 0 Å². The largest absolute Gasteiger partial charge is 0.494 e. The first kappa shape index (κ1) is 20.0. The summed E-state index contributed by atoms with van der Waals surface area (Å²) in [5.41, 5.74) is 1.70. The van der Waals surface area contributed by atoms with Gasteiger partial charge in [-0.15, -0.1) is 0 Å². The van der Waals surface area contributed by atoms with Gasteiger partial charge in [-0.1, -0.05) is 6.07 Å². The van der Waals surface area contributed by atoms with E-state index in [0.29, 0.717) is 35.4 Å². The van der Waals surface area contributed by atoms with Gasteiger partial charge in [0.25, 0.3) is 10.0 Å². The van der Waals surface area contributed by atoms with Crippen molar-refractivity contribution in [3.05, 3.63) is 48.0 Å². The summed E-state index contributed by atoms with van der Waals surface area (Å²) in [7, 11) is -3.79. The molecule has 0 fully saturated rings. The summed E-state index contributed by atoms with van der Waals surface area (Å²) in [5.74, 6) is 0.685. The van der Waals surface area contributed by atoms with Crippen molar-refractivity contribution in [2.24, 2.45) is 0 Å². The van der Waals surface area contributed by atoms with E-state index in [-0.39, 0.29) is 4.90 Å². The van der Waals surface area contributed by atoms with Gasteiger partial charge >= 0.3 is 0 Å². The van der Waals surface area contributed by atoms with Gasteiger partial charge in [-0.25, -0.2) is 8.42 Å². The number of benzene rings is 2. The number of hydrogen-bond donors (Lipinski definition) is 3. The fraction of sp³-hybridized carbons (Fsp3) is 0.278. The van der Waals surface area contributed by atoms with Crippen LogP contribution in [0.3, 0.4) is 0 Å². The third-order valence-corrected chi connectivity index (χ3v) is 5.10. The van der Waals surface area contributed by atoms with Gasteiger partial charge < -0.3 is 15.4 Å². The van der Waals surface area contributed by atoms with Gasteiger partial charge in [0, 0.05) is 12.2 Å². The second kappa shape index (κ2) is 8.86. The lowest BCUT2D eigenvalue weighted by Crippen LogP contribution is -2.29. The number of hydrogen-bond acceptors (Lipinski definition) is 4. The first-order chi connectivity index (χ1) is 12.4. The van der Waals surface area contributed by atoms with Crippen LogP contribution in [0.25, 0.3) is 0 Å². The Hall–Kier alpha value is -2.32. The molecule has 2 aromatic carbocycles. The predicted octanol–water partition coefficient (Wildman–Crippen LogP) is 3.50. The molecule has 0 spiro atoms. The highest BCUT2D eigenvalue weighted by Crippen LogP contribution is 2.26. The minimum atomic E-state index is -3.79. The second-order valence-corrected chi connectivity index (χ2v) is 7.61. The number of nitrogens with one attached hydrogen (secondary N) is 3. The van der Waals surface area contributed by atoms with Crippen molar-refractivity contribution in [2.75, 3.05) is 23.2 Å². The summed E-state index contributed by atoms with van der Waals surface area (Å²) >= 11 is 5.17. The fourth-order valence-corrected chi connectivity index (χ4v) is 3.84. The SMILES string of the molecule is CCNC(=S)Nc1ccc(C)cc1S(=O)(=O)Nc1ccc(OCC)cc1. The molecule has 2 rings (SSSR count). The number of ether oxygens (including phenoxy) is 1.